The first-order valence-corrected chi connectivity index (χ1v) is 6.26. The van der Waals surface area contributed by atoms with Crippen molar-refractivity contribution >= 4 is 5.91 Å². The highest BCUT2D eigenvalue weighted by Gasteiger charge is 2.12. The summed E-state index contributed by atoms with van der Waals surface area (Å²) in [6.45, 7) is 2.36. The molecule has 0 saturated carbocycles. The van der Waals surface area contributed by atoms with Gasteiger partial charge < -0.3 is 4.90 Å². The Balaban J connectivity index is 2.13. The van der Waals surface area contributed by atoms with Crippen molar-refractivity contribution < 1.29 is 4.79 Å². The van der Waals surface area contributed by atoms with Crippen LogP contribution < -0.4 is 0 Å². The summed E-state index contributed by atoms with van der Waals surface area (Å²) in [6, 6.07) is 11.2. The van der Waals surface area contributed by atoms with Crippen molar-refractivity contribution in [1.29, 1.82) is 5.26 Å². The van der Waals surface area contributed by atoms with Crippen LogP contribution in [0.2, 0.25) is 0 Å². The van der Waals surface area contributed by atoms with Gasteiger partial charge in [-0.05, 0) is 36.2 Å². The van der Waals surface area contributed by atoms with E-state index in [4.69, 9.17) is 5.26 Å². The Morgan fingerprint density at radius 1 is 1.35 bits per heavy atom. The zero-order valence-corrected chi connectivity index (χ0v) is 11.5. The van der Waals surface area contributed by atoms with E-state index in [-0.39, 0.29) is 5.91 Å². The molecule has 0 spiro atoms. The maximum atomic E-state index is 12.3. The van der Waals surface area contributed by atoms with E-state index in [1.165, 1.54) is 0 Å². The second-order valence-corrected chi connectivity index (χ2v) is 4.72. The summed E-state index contributed by atoms with van der Waals surface area (Å²) in [7, 11) is 1.74. The molecule has 20 heavy (non-hydrogen) atoms. The van der Waals surface area contributed by atoms with Crippen molar-refractivity contribution in [2.45, 2.75) is 13.5 Å². The van der Waals surface area contributed by atoms with E-state index in [0.717, 1.165) is 11.1 Å². The number of hydrogen-bond donors (Lipinski definition) is 0. The lowest BCUT2D eigenvalue weighted by Gasteiger charge is -2.17. The lowest BCUT2D eigenvalue weighted by atomic mass is 10.1. The first kappa shape index (κ1) is 13.8. The number of amides is 1. The third-order valence-corrected chi connectivity index (χ3v) is 2.94. The third-order valence-electron chi connectivity index (χ3n) is 2.94. The lowest BCUT2D eigenvalue weighted by Crippen LogP contribution is -2.26. The van der Waals surface area contributed by atoms with E-state index < -0.39 is 0 Å². The molecule has 100 valence electrons. The molecule has 0 fully saturated rings. The zero-order valence-electron chi connectivity index (χ0n) is 11.5. The molecule has 0 N–H and O–H groups in total. The summed E-state index contributed by atoms with van der Waals surface area (Å²) in [4.78, 5) is 17.9. The minimum Gasteiger partial charge on any atom is -0.337 e. The van der Waals surface area contributed by atoms with E-state index in [0.29, 0.717) is 17.7 Å². The predicted molar refractivity (Wildman–Crippen MR) is 75.9 cm³/mol. The van der Waals surface area contributed by atoms with Gasteiger partial charge in [-0.1, -0.05) is 12.1 Å². The molecule has 0 unspecified atom stereocenters. The molecular formula is C16H15N3O. The largest absolute Gasteiger partial charge is 0.337 e. The average Bonchev–Trinajstić information content (AvgIpc) is 2.46. The van der Waals surface area contributed by atoms with Crippen LogP contribution in [0.3, 0.4) is 0 Å². The minimum atomic E-state index is -0.0800. The van der Waals surface area contributed by atoms with Gasteiger partial charge in [0.05, 0.1) is 17.2 Å². The topological polar surface area (TPSA) is 57.0 Å². The molecule has 0 saturated heterocycles. The van der Waals surface area contributed by atoms with E-state index in [1.54, 1.807) is 36.5 Å². The minimum absolute atomic E-state index is 0.0800. The summed E-state index contributed by atoms with van der Waals surface area (Å²) >= 11 is 0. The molecule has 1 amide bonds. The number of aryl methyl sites for hydroxylation is 1. The monoisotopic (exact) mass is 265 g/mol. The Bertz CT molecular complexity index is 673. The summed E-state index contributed by atoms with van der Waals surface area (Å²) in [6.07, 6.45) is 3.28. The van der Waals surface area contributed by atoms with Gasteiger partial charge in [-0.3, -0.25) is 9.78 Å². The van der Waals surface area contributed by atoms with Gasteiger partial charge >= 0.3 is 0 Å². The zero-order chi connectivity index (χ0) is 14.5. The van der Waals surface area contributed by atoms with Crippen LogP contribution in [0.4, 0.5) is 0 Å². The van der Waals surface area contributed by atoms with Crippen molar-refractivity contribution in [3.63, 3.8) is 0 Å². The van der Waals surface area contributed by atoms with Crippen molar-refractivity contribution in [2.75, 3.05) is 7.05 Å². The van der Waals surface area contributed by atoms with Gasteiger partial charge in [0.25, 0.3) is 5.91 Å². The van der Waals surface area contributed by atoms with Crippen molar-refractivity contribution in [3.05, 3.63) is 65.0 Å². The van der Waals surface area contributed by atoms with Crippen LogP contribution >= 0.6 is 0 Å². The number of nitrogens with zero attached hydrogens (tertiary/aromatic N) is 3. The van der Waals surface area contributed by atoms with Gasteiger partial charge in [0.1, 0.15) is 0 Å². The number of aromatic nitrogens is 1. The fourth-order valence-corrected chi connectivity index (χ4v) is 1.98. The Hall–Kier alpha value is -2.67. The van der Waals surface area contributed by atoms with Crippen LogP contribution in [0.1, 0.15) is 27.0 Å². The summed E-state index contributed by atoms with van der Waals surface area (Å²) in [5.74, 6) is -0.0800. The van der Waals surface area contributed by atoms with E-state index in [2.05, 4.69) is 11.1 Å². The standard InChI is InChI=1S/C16H15N3O/c1-12-6-15(10-18-9-12)16(20)19(2)11-14-5-3-4-13(7-14)8-17/h3-7,9-10H,11H2,1-2H3. The molecule has 0 aliphatic rings. The molecule has 1 aromatic heterocycles. The van der Waals surface area contributed by atoms with E-state index in [9.17, 15) is 4.79 Å². The van der Waals surface area contributed by atoms with Crippen LogP contribution in [-0.2, 0) is 6.54 Å². The maximum absolute atomic E-state index is 12.3. The van der Waals surface area contributed by atoms with Gasteiger partial charge in [0.15, 0.2) is 0 Å². The third kappa shape index (κ3) is 3.21. The lowest BCUT2D eigenvalue weighted by molar-refractivity contribution is 0.0784. The Kier molecular flexibility index (Phi) is 4.11. The van der Waals surface area contributed by atoms with Crippen LogP contribution in [-0.4, -0.2) is 22.8 Å². The van der Waals surface area contributed by atoms with Gasteiger partial charge in [-0.25, -0.2) is 0 Å². The molecule has 1 heterocycles. The summed E-state index contributed by atoms with van der Waals surface area (Å²) in [5, 5.41) is 8.88. The number of nitriles is 1. The fraction of sp³-hybridized carbons (Fsp3) is 0.188. The van der Waals surface area contributed by atoms with Crippen molar-refractivity contribution in [3.8, 4) is 6.07 Å². The Labute approximate surface area is 118 Å². The molecule has 0 radical (unpaired) electrons. The fourth-order valence-electron chi connectivity index (χ4n) is 1.98. The second-order valence-electron chi connectivity index (χ2n) is 4.72. The van der Waals surface area contributed by atoms with Crippen LogP contribution in [0.25, 0.3) is 0 Å². The van der Waals surface area contributed by atoms with E-state index >= 15 is 0 Å². The molecule has 1 aromatic carbocycles. The van der Waals surface area contributed by atoms with Crippen LogP contribution in [0, 0.1) is 18.3 Å². The SMILES string of the molecule is Cc1cncc(C(=O)N(C)Cc2cccc(C#N)c2)c1. The number of carbonyl (C=O) groups is 1. The van der Waals surface area contributed by atoms with Gasteiger partial charge in [0, 0.05) is 26.0 Å². The highest BCUT2D eigenvalue weighted by Crippen LogP contribution is 2.10. The summed E-state index contributed by atoms with van der Waals surface area (Å²) in [5.41, 5.74) is 3.06. The molecule has 2 rings (SSSR count). The molecule has 4 nitrogen and oxygen atoms in total. The molecule has 4 heteroatoms. The smallest absolute Gasteiger partial charge is 0.255 e. The molecule has 0 aliphatic carbocycles. The molecule has 0 aliphatic heterocycles. The molecule has 0 atom stereocenters. The first-order chi connectivity index (χ1) is 9.60. The Morgan fingerprint density at radius 3 is 2.85 bits per heavy atom. The van der Waals surface area contributed by atoms with E-state index in [1.807, 2.05) is 25.1 Å². The number of rotatable bonds is 3. The highest BCUT2D eigenvalue weighted by molar-refractivity contribution is 5.93. The highest BCUT2D eigenvalue weighted by atomic mass is 16.2. The molecule has 0 bridgehead atoms. The Morgan fingerprint density at radius 2 is 2.15 bits per heavy atom. The van der Waals surface area contributed by atoms with Crippen molar-refractivity contribution in [1.82, 2.24) is 9.88 Å². The number of hydrogen-bond acceptors (Lipinski definition) is 3. The quantitative estimate of drug-likeness (QED) is 0.857. The van der Waals surface area contributed by atoms with Gasteiger partial charge in [-0.15, -0.1) is 0 Å². The van der Waals surface area contributed by atoms with Crippen molar-refractivity contribution in [2.24, 2.45) is 0 Å². The maximum Gasteiger partial charge on any atom is 0.255 e. The molecule has 2 aromatic rings. The molecular weight excluding hydrogens is 250 g/mol. The average molecular weight is 265 g/mol. The number of carbonyl (C=O) groups excluding carboxylic acids is 1. The first-order valence-electron chi connectivity index (χ1n) is 6.26. The van der Waals surface area contributed by atoms with Crippen LogP contribution in [0.5, 0.6) is 0 Å². The van der Waals surface area contributed by atoms with Crippen LogP contribution in [0.15, 0.2) is 42.7 Å². The second kappa shape index (κ2) is 5.98. The number of pyridine rings is 1. The van der Waals surface area contributed by atoms with Gasteiger partial charge in [-0.2, -0.15) is 5.26 Å². The summed E-state index contributed by atoms with van der Waals surface area (Å²) < 4.78 is 0. The predicted octanol–water partition coefficient (Wildman–Crippen LogP) is 2.53. The van der Waals surface area contributed by atoms with Gasteiger partial charge in [0.2, 0.25) is 0 Å². The number of benzene rings is 1. The normalized spacial score (nSPS) is 9.85.